The Balaban J connectivity index is 1.92. The van der Waals surface area contributed by atoms with E-state index < -0.39 is 0 Å². The van der Waals surface area contributed by atoms with Crippen molar-refractivity contribution in [3.05, 3.63) is 42.2 Å². The summed E-state index contributed by atoms with van der Waals surface area (Å²) >= 11 is 0. The van der Waals surface area contributed by atoms with E-state index >= 15 is 0 Å². The van der Waals surface area contributed by atoms with E-state index in [0.29, 0.717) is 19.3 Å². The van der Waals surface area contributed by atoms with E-state index in [1.807, 2.05) is 30.6 Å². The molecule has 1 aromatic heterocycles. The average molecular weight is 270 g/mol. The van der Waals surface area contributed by atoms with Crippen LogP contribution in [0.2, 0.25) is 0 Å². The van der Waals surface area contributed by atoms with Gasteiger partial charge in [0.2, 0.25) is 6.79 Å². The van der Waals surface area contributed by atoms with E-state index in [-0.39, 0.29) is 0 Å². The van der Waals surface area contributed by atoms with Gasteiger partial charge in [0, 0.05) is 18.0 Å². The summed E-state index contributed by atoms with van der Waals surface area (Å²) in [7, 11) is 0. The van der Waals surface area contributed by atoms with Crippen molar-refractivity contribution in [1.82, 2.24) is 4.98 Å². The highest BCUT2D eigenvalue weighted by atomic mass is 16.7. The van der Waals surface area contributed by atoms with Crippen LogP contribution in [0.25, 0.3) is 11.1 Å². The van der Waals surface area contributed by atoms with Gasteiger partial charge < -0.3 is 15.2 Å². The van der Waals surface area contributed by atoms with E-state index in [4.69, 9.17) is 15.2 Å². The smallest absolute Gasteiger partial charge is 0.231 e. The standard InChI is InChI=1S/C16H18N2O2/c1-11(4-5-17)13-6-14(9-18-8-13)12-2-3-15-16(7-12)20-10-19-15/h2-3,6-9,11H,4-5,10,17H2,1H3. The topological polar surface area (TPSA) is 57.4 Å². The number of hydrogen-bond acceptors (Lipinski definition) is 4. The molecule has 0 amide bonds. The number of nitrogens with two attached hydrogens (primary N) is 1. The highest BCUT2D eigenvalue weighted by Crippen LogP contribution is 2.36. The Morgan fingerprint density at radius 1 is 1.15 bits per heavy atom. The van der Waals surface area contributed by atoms with Crippen LogP contribution in [-0.2, 0) is 0 Å². The summed E-state index contributed by atoms with van der Waals surface area (Å²) in [4.78, 5) is 4.35. The summed E-state index contributed by atoms with van der Waals surface area (Å²) in [6.45, 7) is 3.16. The van der Waals surface area contributed by atoms with Crippen molar-refractivity contribution in [2.75, 3.05) is 13.3 Å². The number of ether oxygens (including phenoxy) is 2. The Bertz CT molecular complexity index is 613. The van der Waals surface area contributed by atoms with Gasteiger partial charge in [0.05, 0.1) is 0 Å². The number of benzene rings is 1. The van der Waals surface area contributed by atoms with Crippen LogP contribution in [0.4, 0.5) is 0 Å². The third kappa shape index (κ3) is 2.47. The van der Waals surface area contributed by atoms with E-state index in [2.05, 4.69) is 18.0 Å². The predicted molar refractivity (Wildman–Crippen MR) is 77.9 cm³/mol. The summed E-state index contributed by atoms with van der Waals surface area (Å²) in [6.07, 6.45) is 4.75. The minimum absolute atomic E-state index is 0.296. The van der Waals surface area contributed by atoms with Gasteiger partial charge in [-0.1, -0.05) is 13.0 Å². The Morgan fingerprint density at radius 3 is 2.85 bits per heavy atom. The summed E-state index contributed by atoms with van der Waals surface area (Å²) < 4.78 is 10.7. The molecule has 1 unspecified atom stereocenters. The second kappa shape index (κ2) is 5.51. The Morgan fingerprint density at radius 2 is 2.00 bits per heavy atom. The third-order valence-corrected chi connectivity index (χ3v) is 3.63. The van der Waals surface area contributed by atoms with Crippen LogP contribution in [0.5, 0.6) is 11.5 Å². The molecule has 1 atom stereocenters. The zero-order chi connectivity index (χ0) is 13.9. The number of rotatable bonds is 4. The molecule has 4 nitrogen and oxygen atoms in total. The quantitative estimate of drug-likeness (QED) is 0.928. The largest absolute Gasteiger partial charge is 0.454 e. The first-order valence-corrected chi connectivity index (χ1v) is 6.83. The van der Waals surface area contributed by atoms with Gasteiger partial charge in [-0.3, -0.25) is 4.98 Å². The summed E-state index contributed by atoms with van der Waals surface area (Å²) in [5, 5.41) is 0. The number of pyridine rings is 1. The van der Waals surface area contributed by atoms with Crippen LogP contribution in [0.15, 0.2) is 36.7 Å². The zero-order valence-electron chi connectivity index (χ0n) is 11.5. The minimum Gasteiger partial charge on any atom is -0.454 e. The monoisotopic (exact) mass is 270 g/mol. The van der Waals surface area contributed by atoms with Gasteiger partial charge in [-0.2, -0.15) is 0 Å². The molecule has 3 rings (SSSR count). The molecular weight excluding hydrogens is 252 g/mol. The fourth-order valence-corrected chi connectivity index (χ4v) is 2.38. The number of hydrogen-bond donors (Lipinski definition) is 1. The van der Waals surface area contributed by atoms with E-state index in [1.54, 1.807) is 0 Å². The second-order valence-electron chi connectivity index (χ2n) is 5.05. The molecule has 4 heteroatoms. The number of nitrogens with zero attached hydrogens (tertiary/aromatic N) is 1. The molecule has 1 aliphatic rings. The zero-order valence-corrected chi connectivity index (χ0v) is 11.5. The Kier molecular flexibility index (Phi) is 3.56. The summed E-state index contributed by atoms with van der Waals surface area (Å²) in [6, 6.07) is 8.14. The van der Waals surface area contributed by atoms with Gasteiger partial charge in [-0.15, -0.1) is 0 Å². The first-order valence-electron chi connectivity index (χ1n) is 6.83. The van der Waals surface area contributed by atoms with Gasteiger partial charge in [-0.25, -0.2) is 0 Å². The fourth-order valence-electron chi connectivity index (χ4n) is 2.38. The number of aromatic nitrogens is 1. The second-order valence-corrected chi connectivity index (χ2v) is 5.05. The molecule has 0 aliphatic carbocycles. The average Bonchev–Trinajstić information content (AvgIpc) is 2.95. The van der Waals surface area contributed by atoms with Crippen molar-refractivity contribution in [3.63, 3.8) is 0 Å². The molecule has 0 spiro atoms. The van der Waals surface area contributed by atoms with E-state index in [9.17, 15) is 0 Å². The lowest BCUT2D eigenvalue weighted by molar-refractivity contribution is 0.174. The molecule has 0 radical (unpaired) electrons. The molecule has 104 valence electrons. The van der Waals surface area contributed by atoms with Gasteiger partial charge >= 0.3 is 0 Å². The molecule has 2 N–H and O–H groups in total. The Hall–Kier alpha value is -2.07. The maximum atomic E-state index is 5.63. The van der Waals surface area contributed by atoms with Crippen molar-refractivity contribution in [2.24, 2.45) is 5.73 Å². The van der Waals surface area contributed by atoms with Crippen LogP contribution >= 0.6 is 0 Å². The maximum Gasteiger partial charge on any atom is 0.231 e. The lowest BCUT2D eigenvalue weighted by atomic mass is 9.96. The molecule has 0 saturated heterocycles. The van der Waals surface area contributed by atoms with Crippen molar-refractivity contribution in [2.45, 2.75) is 19.3 Å². The minimum atomic E-state index is 0.296. The van der Waals surface area contributed by atoms with Crippen LogP contribution < -0.4 is 15.2 Å². The molecule has 20 heavy (non-hydrogen) atoms. The van der Waals surface area contributed by atoms with E-state index in [0.717, 1.165) is 29.0 Å². The maximum absolute atomic E-state index is 5.63. The van der Waals surface area contributed by atoms with Crippen LogP contribution in [-0.4, -0.2) is 18.3 Å². The molecule has 0 saturated carbocycles. The van der Waals surface area contributed by atoms with Gasteiger partial charge in [-0.05, 0) is 48.2 Å². The highest BCUT2D eigenvalue weighted by molar-refractivity contribution is 5.67. The molecular formula is C16H18N2O2. The van der Waals surface area contributed by atoms with Gasteiger partial charge in [0.25, 0.3) is 0 Å². The van der Waals surface area contributed by atoms with Crippen molar-refractivity contribution >= 4 is 0 Å². The van der Waals surface area contributed by atoms with Crippen molar-refractivity contribution in [1.29, 1.82) is 0 Å². The highest BCUT2D eigenvalue weighted by Gasteiger charge is 2.14. The van der Waals surface area contributed by atoms with Crippen LogP contribution in [0, 0.1) is 0 Å². The molecule has 2 aromatic rings. The molecule has 0 bridgehead atoms. The Labute approximate surface area is 118 Å². The SMILES string of the molecule is CC(CCN)c1cncc(-c2ccc3c(c2)OCO3)c1. The summed E-state index contributed by atoms with van der Waals surface area (Å²) in [5.41, 5.74) is 9.01. The van der Waals surface area contributed by atoms with Crippen LogP contribution in [0.3, 0.4) is 0 Å². The first kappa shape index (κ1) is 12.9. The van der Waals surface area contributed by atoms with Crippen molar-refractivity contribution in [3.8, 4) is 22.6 Å². The molecule has 0 fully saturated rings. The molecule has 1 aliphatic heterocycles. The van der Waals surface area contributed by atoms with E-state index in [1.165, 1.54) is 5.56 Å². The lowest BCUT2D eigenvalue weighted by Gasteiger charge is -2.11. The van der Waals surface area contributed by atoms with Gasteiger partial charge in [0.1, 0.15) is 0 Å². The number of fused-ring (bicyclic) bond motifs is 1. The third-order valence-electron chi connectivity index (χ3n) is 3.63. The van der Waals surface area contributed by atoms with Crippen molar-refractivity contribution < 1.29 is 9.47 Å². The lowest BCUT2D eigenvalue weighted by Crippen LogP contribution is -2.04. The summed E-state index contributed by atoms with van der Waals surface area (Å²) in [5.74, 6) is 2.01. The normalized spacial score (nSPS) is 14.3. The first-order chi connectivity index (χ1) is 9.78. The van der Waals surface area contributed by atoms with Crippen LogP contribution in [0.1, 0.15) is 24.8 Å². The van der Waals surface area contributed by atoms with Gasteiger partial charge in [0.15, 0.2) is 11.5 Å². The fraction of sp³-hybridized carbons (Fsp3) is 0.312. The molecule has 1 aromatic carbocycles. The molecule has 2 heterocycles. The predicted octanol–water partition coefficient (Wildman–Crippen LogP) is 2.93.